The van der Waals surface area contributed by atoms with E-state index in [1.54, 1.807) is 0 Å². The van der Waals surface area contributed by atoms with Crippen LogP contribution >= 0.6 is 23.2 Å². The monoisotopic (exact) mass is 336 g/mol. The minimum Gasteiger partial charge on any atom is -0.386 e. The second-order valence-electron chi connectivity index (χ2n) is 4.64. The number of fused-ring (bicyclic) bond motifs is 6. The molecule has 0 spiro atoms. The van der Waals surface area contributed by atoms with Crippen molar-refractivity contribution < 1.29 is 8.83 Å². The lowest BCUT2D eigenvalue weighted by atomic mass is 9.99. The highest BCUT2D eigenvalue weighted by molar-refractivity contribution is 6.47. The van der Waals surface area contributed by atoms with Gasteiger partial charge in [0.15, 0.2) is 0 Å². The molecule has 0 radical (unpaired) electrons. The molecule has 8 heteroatoms. The van der Waals surface area contributed by atoms with E-state index >= 15 is 0 Å². The van der Waals surface area contributed by atoms with Gasteiger partial charge in [-0.25, -0.2) is 19.2 Å². The standard InChI is InChI=1S/C14H2Cl2O6/c15-4-2-1-3-5(10(4)16)7-9(14(20)22-12(7)18)8-6(3)11(17)21-13(8)19/h1-2H. The van der Waals surface area contributed by atoms with Gasteiger partial charge >= 0.3 is 22.5 Å². The number of halogens is 2. The van der Waals surface area contributed by atoms with E-state index in [2.05, 4.69) is 8.83 Å². The lowest BCUT2D eigenvalue weighted by molar-refractivity contribution is 0.497. The molecule has 0 fully saturated rings. The predicted molar refractivity (Wildman–Crippen MR) is 81.0 cm³/mol. The highest BCUT2D eigenvalue weighted by Crippen LogP contribution is 2.37. The zero-order valence-electron chi connectivity index (χ0n) is 10.4. The van der Waals surface area contributed by atoms with Gasteiger partial charge in [-0.15, -0.1) is 0 Å². The largest absolute Gasteiger partial charge is 0.386 e. The van der Waals surface area contributed by atoms with Crippen molar-refractivity contribution in [3.63, 3.8) is 0 Å². The van der Waals surface area contributed by atoms with Crippen LogP contribution in [0.15, 0.2) is 40.1 Å². The van der Waals surface area contributed by atoms with Gasteiger partial charge in [0.05, 0.1) is 31.6 Å². The van der Waals surface area contributed by atoms with Crippen LogP contribution in [0.3, 0.4) is 0 Å². The molecular weight excluding hydrogens is 335 g/mol. The van der Waals surface area contributed by atoms with E-state index in [0.29, 0.717) is 0 Å². The van der Waals surface area contributed by atoms with Crippen LogP contribution in [0.2, 0.25) is 10.0 Å². The molecule has 4 aromatic rings. The summed E-state index contributed by atoms with van der Waals surface area (Å²) in [6.45, 7) is 0. The van der Waals surface area contributed by atoms with Crippen LogP contribution in [0.25, 0.3) is 32.3 Å². The lowest BCUT2D eigenvalue weighted by Crippen LogP contribution is -1.99. The van der Waals surface area contributed by atoms with Gasteiger partial charge in [-0.3, -0.25) is 0 Å². The third-order valence-electron chi connectivity index (χ3n) is 3.55. The van der Waals surface area contributed by atoms with Gasteiger partial charge in [-0.2, -0.15) is 0 Å². The predicted octanol–water partition coefficient (Wildman–Crippen LogP) is 1.96. The molecule has 0 aliphatic rings. The molecule has 0 amide bonds. The third kappa shape index (κ3) is 1.40. The number of benzene rings is 2. The van der Waals surface area contributed by atoms with Gasteiger partial charge in [-0.05, 0) is 11.5 Å². The first-order chi connectivity index (χ1) is 10.4. The van der Waals surface area contributed by atoms with E-state index in [1.165, 1.54) is 12.1 Å². The van der Waals surface area contributed by atoms with Crippen LogP contribution in [0.5, 0.6) is 0 Å². The van der Waals surface area contributed by atoms with Crippen molar-refractivity contribution >= 4 is 55.5 Å². The summed E-state index contributed by atoms with van der Waals surface area (Å²) in [7, 11) is 0. The Bertz CT molecular complexity index is 1320. The summed E-state index contributed by atoms with van der Waals surface area (Å²) in [5.74, 6) is 0. The summed E-state index contributed by atoms with van der Waals surface area (Å²) in [5, 5.41) is -0.495. The molecule has 108 valence electrons. The first-order valence-corrected chi connectivity index (χ1v) is 6.68. The van der Waals surface area contributed by atoms with Crippen molar-refractivity contribution in [2.75, 3.05) is 0 Å². The Morgan fingerprint density at radius 3 is 1.68 bits per heavy atom. The SMILES string of the molecule is O=c1oc(=O)c2c1c1ccc(Cl)c(Cl)c1c1c(=O)oc(=O)c12. The molecule has 0 saturated heterocycles. The summed E-state index contributed by atoms with van der Waals surface area (Å²) < 4.78 is 9.09. The fourth-order valence-electron chi connectivity index (χ4n) is 2.71. The topological polar surface area (TPSA) is 94.6 Å². The van der Waals surface area contributed by atoms with Crippen LogP contribution in [0, 0.1) is 0 Å². The molecule has 0 N–H and O–H groups in total. The zero-order chi connectivity index (χ0) is 15.8. The maximum atomic E-state index is 12.0. The minimum atomic E-state index is -1.03. The highest BCUT2D eigenvalue weighted by atomic mass is 35.5. The second-order valence-corrected chi connectivity index (χ2v) is 5.42. The fourth-order valence-corrected chi connectivity index (χ4v) is 3.13. The number of rotatable bonds is 0. The Morgan fingerprint density at radius 2 is 1.09 bits per heavy atom. The van der Waals surface area contributed by atoms with Gasteiger partial charge in [-0.1, -0.05) is 29.3 Å². The van der Waals surface area contributed by atoms with E-state index in [0.717, 1.165) is 0 Å². The molecule has 0 atom stereocenters. The van der Waals surface area contributed by atoms with Crippen LogP contribution in [0.4, 0.5) is 0 Å². The average molecular weight is 337 g/mol. The van der Waals surface area contributed by atoms with Gasteiger partial charge in [0.25, 0.3) is 0 Å². The lowest BCUT2D eigenvalue weighted by Gasteiger charge is -2.04. The summed E-state index contributed by atoms with van der Waals surface area (Å²) in [6, 6.07) is 2.84. The maximum absolute atomic E-state index is 12.0. The Balaban J connectivity index is 2.66. The maximum Gasteiger partial charge on any atom is 0.347 e. The Morgan fingerprint density at radius 1 is 0.636 bits per heavy atom. The summed E-state index contributed by atoms with van der Waals surface area (Å²) in [4.78, 5) is 47.6. The summed E-state index contributed by atoms with van der Waals surface area (Å²) >= 11 is 12.1. The normalized spacial score (nSPS) is 11.9. The summed E-state index contributed by atoms with van der Waals surface area (Å²) in [6.07, 6.45) is 0. The molecule has 6 nitrogen and oxygen atoms in total. The molecule has 0 aliphatic carbocycles. The van der Waals surface area contributed by atoms with Crippen molar-refractivity contribution in [3.8, 4) is 0 Å². The molecule has 0 unspecified atom stereocenters. The Labute approximate surface area is 128 Å². The second kappa shape index (κ2) is 4.06. The Hall–Kier alpha value is -2.44. The molecule has 0 bridgehead atoms. The van der Waals surface area contributed by atoms with Crippen molar-refractivity contribution in [1.82, 2.24) is 0 Å². The van der Waals surface area contributed by atoms with Crippen molar-refractivity contribution in [2.24, 2.45) is 0 Å². The summed E-state index contributed by atoms with van der Waals surface area (Å²) in [5.41, 5.74) is -3.90. The van der Waals surface area contributed by atoms with Gasteiger partial charge in [0, 0.05) is 5.39 Å². The molecular formula is C14H2Cl2O6. The molecule has 4 rings (SSSR count). The number of hydrogen-bond acceptors (Lipinski definition) is 6. The molecule has 0 aliphatic heterocycles. The van der Waals surface area contributed by atoms with Crippen molar-refractivity contribution in [3.05, 3.63) is 63.9 Å². The molecule has 2 heterocycles. The molecule has 2 aromatic carbocycles. The van der Waals surface area contributed by atoms with Crippen molar-refractivity contribution in [2.45, 2.75) is 0 Å². The van der Waals surface area contributed by atoms with Gasteiger partial charge in [0.2, 0.25) is 0 Å². The number of furan rings is 2. The first kappa shape index (κ1) is 13.2. The highest BCUT2D eigenvalue weighted by Gasteiger charge is 2.25. The minimum absolute atomic E-state index is 0.0167. The van der Waals surface area contributed by atoms with Gasteiger partial charge in [0.1, 0.15) is 0 Å². The van der Waals surface area contributed by atoms with E-state index in [9.17, 15) is 19.2 Å². The zero-order valence-corrected chi connectivity index (χ0v) is 11.9. The fraction of sp³-hybridized carbons (Fsp3) is 0. The van der Waals surface area contributed by atoms with Gasteiger partial charge < -0.3 is 8.83 Å². The molecule has 0 saturated carbocycles. The van der Waals surface area contributed by atoms with Crippen molar-refractivity contribution in [1.29, 1.82) is 0 Å². The smallest absolute Gasteiger partial charge is 0.347 e. The van der Waals surface area contributed by atoms with Crippen LogP contribution in [0.1, 0.15) is 0 Å². The third-order valence-corrected chi connectivity index (χ3v) is 4.36. The van der Waals surface area contributed by atoms with E-state index in [4.69, 9.17) is 23.2 Å². The average Bonchev–Trinajstić information content (AvgIpc) is 2.91. The van der Waals surface area contributed by atoms with Crippen LogP contribution < -0.4 is 22.5 Å². The van der Waals surface area contributed by atoms with Crippen LogP contribution in [-0.4, -0.2) is 0 Å². The van der Waals surface area contributed by atoms with E-state index in [1.807, 2.05) is 0 Å². The quantitative estimate of drug-likeness (QED) is 0.487. The molecule has 22 heavy (non-hydrogen) atoms. The molecule has 2 aromatic heterocycles. The number of hydrogen-bond donors (Lipinski definition) is 0. The van der Waals surface area contributed by atoms with Crippen LogP contribution in [-0.2, 0) is 0 Å². The first-order valence-electron chi connectivity index (χ1n) is 5.92. The van der Waals surface area contributed by atoms with E-state index < -0.39 is 22.5 Å². The Kier molecular flexibility index (Phi) is 2.44. The van der Waals surface area contributed by atoms with E-state index in [-0.39, 0.29) is 42.4 Å².